The zero-order valence-corrected chi connectivity index (χ0v) is 52.5. The minimum atomic E-state index is -4.45. The zero-order chi connectivity index (χ0) is 57.2. The van der Waals surface area contributed by atoms with Crippen LogP contribution in [0.3, 0.4) is 0 Å². The molecule has 0 bridgehead atoms. The molecule has 1 amide bonds. The first-order valence-corrected chi connectivity index (χ1v) is 33.9. The van der Waals surface area contributed by atoms with Gasteiger partial charge in [-0.15, -0.1) is 0 Å². The second kappa shape index (κ2) is 57.4. The standard InChI is InChI=1S/C68H123N2O7P/c1-7-10-13-16-19-22-25-27-29-31-32-33-34-35-36-37-38-39-41-43-46-49-52-55-58-61-68(72)77-66(59-56-53-50-47-44-24-21-18-15-12-9-3)65(64-76-78(73,74)75-63-62-70(4,5)6)69-67(71)60-57-54-51-48-45-42-40-30-28-26-23-20-17-14-11-8-2/h10,13,19,22,27,29,32-33,35-36,38-39,56,59,65-66H,7-9,11-12,14-18,20-21,23-26,28,30-31,34,37,40-55,57-58,60-64H2,1-6H3,(H-,69,71,73,74)/p+1/b13-10-,22-19-,29-27-,33-32-,36-35-,39-38-,59-56+. The average Bonchev–Trinajstić information content (AvgIpc) is 3.41. The highest BCUT2D eigenvalue weighted by molar-refractivity contribution is 7.47. The Morgan fingerprint density at radius 3 is 1.23 bits per heavy atom. The van der Waals surface area contributed by atoms with Gasteiger partial charge in [-0.2, -0.15) is 0 Å². The molecule has 0 rings (SSSR count). The number of ether oxygens (including phenoxy) is 1. The molecular weight excluding hydrogens is 988 g/mol. The van der Waals surface area contributed by atoms with Gasteiger partial charge in [0.1, 0.15) is 19.3 Å². The van der Waals surface area contributed by atoms with E-state index in [-0.39, 0.29) is 31.5 Å². The van der Waals surface area contributed by atoms with Gasteiger partial charge < -0.3 is 19.4 Å². The van der Waals surface area contributed by atoms with Gasteiger partial charge in [0.05, 0.1) is 33.8 Å². The topological polar surface area (TPSA) is 111 Å². The number of unbranched alkanes of at least 4 members (excludes halogenated alkanes) is 30. The summed E-state index contributed by atoms with van der Waals surface area (Å²) in [4.78, 5) is 37.7. The molecule has 78 heavy (non-hydrogen) atoms. The number of carbonyl (C=O) groups is 2. The first-order valence-electron chi connectivity index (χ1n) is 32.4. The van der Waals surface area contributed by atoms with E-state index in [0.717, 1.165) is 122 Å². The van der Waals surface area contributed by atoms with Crippen LogP contribution in [0.2, 0.25) is 0 Å². The van der Waals surface area contributed by atoms with Crippen LogP contribution in [0.5, 0.6) is 0 Å². The van der Waals surface area contributed by atoms with Crippen LogP contribution in [0.1, 0.15) is 284 Å². The summed E-state index contributed by atoms with van der Waals surface area (Å²) in [6.07, 6.45) is 75.8. The van der Waals surface area contributed by atoms with E-state index in [0.29, 0.717) is 17.4 Å². The Kier molecular flexibility index (Phi) is 55.4. The van der Waals surface area contributed by atoms with Crippen LogP contribution in [-0.2, 0) is 27.9 Å². The third kappa shape index (κ3) is 57.9. The van der Waals surface area contributed by atoms with Crippen LogP contribution in [-0.4, -0.2) is 74.3 Å². The number of nitrogens with one attached hydrogen (secondary N) is 1. The molecule has 10 heteroatoms. The highest BCUT2D eigenvalue weighted by Crippen LogP contribution is 2.43. The monoisotopic (exact) mass is 1110 g/mol. The Morgan fingerprint density at radius 2 is 0.821 bits per heavy atom. The number of allylic oxidation sites excluding steroid dienone is 13. The van der Waals surface area contributed by atoms with E-state index in [1.807, 2.05) is 33.3 Å². The van der Waals surface area contributed by atoms with E-state index in [4.69, 9.17) is 13.8 Å². The van der Waals surface area contributed by atoms with Crippen LogP contribution in [0, 0.1) is 0 Å². The SMILES string of the molecule is CC/C=C\C/C=C\C/C=C\C/C=C\C/C=C\C/C=C\CCCCCCCCC(=O)OC(/C=C/CCCCCCCCCCC)C(COP(=O)(O)OCC[N+](C)(C)C)NC(=O)CCCCCCCCCCCCCCCCCC. The van der Waals surface area contributed by atoms with Crippen molar-refractivity contribution >= 4 is 19.7 Å². The molecule has 0 aromatic heterocycles. The summed E-state index contributed by atoms with van der Waals surface area (Å²) in [5, 5.41) is 3.06. The van der Waals surface area contributed by atoms with Gasteiger partial charge in [0, 0.05) is 12.8 Å². The van der Waals surface area contributed by atoms with Crippen molar-refractivity contribution < 1.29 is 37.3 Å². The lowest BCUT2D eigenvalue weighted by Gasteiger charge is -2.27. The van der Waals surface area contributed by atoms with Crippen LogP contribution in [0.4, 0.5) is 0 Å². The molecule has 0 saturated heterocycles. The number of quaternary nitrogens is 1. The van der Waals surface area contributed by atoms with Crippen molar-refractivity contribution in [3.8, 4) is 0 Å². The molecule has 452 valence electrons. The molecule has 9 nitrogen and oxygen atoms in total. The quantitative estimate of drug-likeness (QED) is 0.0205. The number of hydrogen-bond donors (Lipinski definition) is 2. The van der Waals surface area contributed by atoms with Gasteiger partial charge in [-0.25, -0.2) is 4.57 Å². The predicted octanol–water partition coefficient (Wildman–Crippen LogP) is 20.2. The molecule has 0 aliphatic rings. The summed E-state index contributed by atoms with van der Waals surface area (Å²) in [6.45, 7) is 6.90. The second-order valence-corrected chi connectivity index (χ2v) is 24.4. The fourth-order valence-electron chi connectivity index (χ4n) is 9.12. The van der Waals surface area contributed by atoms with Crippen molar-refractivity contribution in [3.63, 3.8) is 0 Å². The molecule has 3 unspecified atom stereocenters. The van der Waals surface area contributed by atoms with Crippen molar-refractivity contribution in [2.24, 2.45) is 0 Å². The fourth-order valence-corrected chi connectivity index (χ4v) is 9.86. The average molecular weight is 1110 g/mol. The van der Waals surface area contributed by atoms with Crippen LogP contribution >= 0.6 is 7.82 Å². The van der Waals surface area contributed by atoms with Crippen LogP contribution in [0.15, 0.2) is 85.1 Å². The summed E-state index contributed by atoms with van der Waals surface area (Å²) >= 11 is 0. The lowest BCUT2D eigenvalue weighted by molar-refractivity contribution is -0.870. The predicted molar refractivity (Wildman–Crippen MR) is 337 cm³/mol. The van der Waals surface area contributed by atoms with Gasteiger partial charge in [-0.3, -0.25) is 18.6 Å². The maximum Gasteiger partial charge on any atom is 0.472 e. The molecule has 0 aliphatic heterocycles. The van der Waals surface area contributed by atoms with Gasteiger partial charge in [0.25, 0.3) is 0 Å². The smallest absolute Gasteiger partial charge is 0.456 e. The fraction of sp³-hybridized carbons (Fsp3) is 0.765. The molecular formula is C68H124N2O7P+. The molecule has 0 radical (unpaired) electrons. The summed E-state index contributed by atoms with van der Waals surface area (Å²) in [5.41, 5.74) is 0. The lowest BCUT2D eigenvalue weighted by Crippen LogP contribution is -2.47. The van der Waals surface area contributed by atoms with Crippen molar-refractivity contribution in [1.82, 2.24) is 5.32 Å². The molecule has 0 heterocycles. The van der Waals surface area contributed by atoms with Gasteiger partial charge >= 0.3 is 13.8 Å². The van der Waals surface area contributed by atoms with E-state index in [1.165, 1.54) is 128 Å². The number of nitrogens with zero attached hydrogens (tertiary/aromatic N) is 1. The summed E-state index contributed by atoms with van der Waals surface area (Å²) in [7, 11) is 1.49. The molecule has 0 aliphatic carbocycles. The highest BCUT2D eigenvalue weighted by atomic mass is 31.2. The Hall–Kier alpha value is -2.81. The molecule has 0 aromatic rings. The van der Waals surface area contributed by atoms with Crippen LogP contribution < -0.4 is 5.32 Å². The summed E-state index contributed by atoms with van der Waals surface area (Å²) in [5.74, 6) is -0.518. The molecule has 0 fully saturated rings. The second-order valence-electron chi connectivity index (χ2n) is 22.9. The Morgan fingerprint density at radius 1 is 0.462 bits per heavy atom. The van der Waals surface area contributed by atoms with E-state index < -0.39 is 20.0 Å². The minimum Gasteiger partial charge on any atom is -0.456 e. The number of phosphoric ester groups is 1. The van der Waals surface area contributed by atoms with Crippen molar-refractivity contribution in [1.29, 1.82) is 0 Å². The highest BCUT2D eigenvalue weighted by Gasteiger charge is 2.30. The van der Waals surface area contributed by atoms with Crippen molar-refractivity contribution in [2.45, 2.75) is 296 Å². The number of esters is 1. The number of rotatable bonds is 58. The van der Waals surface area contributed by atoms with E-state index in [9.17, 15) is 19.0 Å². The first-order chi connectivity index (χ1) is 37.9. The normalized spacial score (nSPS) is 14.2. The van der Waals surface area contributed by atoms with Gasteiger partial charge in [0.2, 0.25) is 5.91 Å². The van der Waals surface area contributed by atoms with Crippen molar-refractivity contribution in [2.75, 3.05) is 40.9 Å². The van der Waals surface area contributed by atoms with Crippen molar-refractivity contribution in [3.05, 3.63) is 85.1 Å². The van der Waals surface area contributed by atoms with E-state index in [2.05, 4.69) is 99.0 Å². The maximum absolute atomic E-state index is 13.5. The zero-order valence-electron chi connectivity index (χ0n) is 51.6. The third-order valence-corrected chi connectivity index (χ3v) is 15.1. The Bertz CT molecular complexity index is 1610. The summed E-state index contributed by atoms with van der Waals surface area (Å²) in [6, 6.07) is -0.856. The molecule has 0 spiro atoms. The third-order valence-electron chi connectivity index (χ3n) is 14.1. The van der Waals surface area contributed by atoms with E-state index >= 15 is 0 Å². The number of hydrogen-bond acceptors (Lipinski definition) is 6. The Labute approximate surface area is 482 Å². The number of phosphoric acid groups is 1. The van der Waals surface area contributed by atoms with Crippen LogP contribution in [0.25, 0.3) is 0 Å². The lowest BCUT2D eigenvalue weighted by atomic mass is 10.0. The number of amides is 1. The molecule has 3 atom stereocenters. The molecule has 0 saturated carbocycles. The van der Waals surface area contributed by atoms with E-state index in [1.54, 1.807) is 0 Å². The maximum atomic E-state index is 13.5. The number of carbonyl (C=O) groups excluding carboxylic acids is 2. The summed E-state index contributed by atoms with van der Waals surface area (Å²) < 4.78 is 30.7. The Balaban J connectivity index is 5.16. The number of likely N-dealkylation sites (N-methyl/N-ethyl adjacent to an activating group) is 1. The molecule has 0 aromatic carbocycles. The largest absolute Gasteiger partial charge is 0.472 e. The van der Waals surface area contributed by atoms with Gasteiger partial charge in [0.15, 0.2) is 0 Å². The van der Waals surface area contributed by atoms with Gasteiger partial charge in [-0.1, -0.05) is 273 Å². The van der Waals surface area contributed by atoms with Gasteiger partial charge in [-0.05, 0) is 83.1 Å². The minimum absolute atomic E-state index is 0.0358. The first kappa shape index (κ1) is 75.2. The molecule has 2 N–H and O–H groups in total.